The Hall–Kier alpha value is -1.81. The number of halogens is 1. The largest absolute Gasteiger partial charge is 0.475 e. The Morgan fingerprint density at radius 2 is 2.16 bits per heavy atom. The van der Waals surface area contributed by atoms with Gasteiger partial charge in [0.2, 0.25) is 11.6 Å². The zero-order chi connectivity index (χ0) is 14.2. The Kier molecular flexibility index (Phi) is 3.37. The molecule has 0 aliphatic heterocycles. The first-order chi connectivity index (χ1) is 8.79. The lowest BCUT2D eigenvalue weighted by molar-refractivity contribution is 0.0661. The molecule has 2 aromatic rings. The molecule has 10 heteroatoms. The Bertz CT molecular complexity index is 732. The van der Waals surface area contributed by atoms with Crippen LogP contribution in [-0.2, 0) is 10.0 Å². The van der Waals surface area contributed by atoms with Crippen molar-refractivity contribution in [1.82, 2.24) is 5.16 Å². The highest BCUT2D eigenvalue weighted by Crippen LogP contribution is 2.28. The van der Waals surface area contributed by atoms with E-state index in [-0.39, 0.29) is 15.4 Å². The van der Waals surface area contributed by atoms with Crippen LogP contribution < -0.4 is 4.72 Å². The molecule has 0 radical (unpaired) electrons. The van der Waals surface area contributed by atoms with Crippen molar-refractivity contribution in [3.8, 4) is 0 Å². The van der Waals surface area contributed by atoms with E-state index < -0.39 is 21.8 Å². The minimum absolute atomic E-state index is 0.0810. The van der Waals surface area contributed by atoms with Crippen molar-refractivity contribution < 1.29 is 27.3 Å². The number of carbonyl (C=O) groups is 1. The lowest BCUT2D eigenvalue weighted by Crippen LogP contribution is -2.12. The Morgan fingerprint density at radius 1 is 1.47 bits per heavy atom. The van der Waals surface area contributed by atoms with E-state index in [9.17, 15) is 13.2 Å². The van der Waals surface area contributed by atoms with Crippen LogP contribution in [0.2, 0.25) is 0 Å². The molecular weight excluding hydrogens is 344 g/mol. The van der Waals surface area contributed by atoms with Gasteiger partial charge in [0, 0.05) is 12.1 Å². The highest BCUT2D eigenvalue weighted by Gasteiger charge is 2.26. The van der Waals surface area contributed by atoms with Gasteiger partial charge in [-0.1, -0.05) is 5.16 Å². The second-order valence-electron chi connectivity index (χ2n) is 3.49. The minimum Gasteiger partial charge on any atom is -0.475 e. The van der Waals surface area contributed by atoms with Gasteiger partial charge in [-0.15, -0.1) is 0 Å². The maximum atomic E-state index is 12.0. The zero-order valence-corrected chi connectivity index (χ0v) is 11.8. The molecule has 8 nitrogen and oxygen atoms in total. The lowest BCUT2D eigenvalue weighted by atomic mass is 10.5. The smallest absolute Gasteiger partial charge is 0.371 e. The number of carboxylic acids is 1. The third-order valence-corrected chi connectivity index (χ3v) is 4.22. The number of nitrogens with one attached hydrogen (secondary N) is 1. The molecule has 0 fully saturated rings. The summed E-state index contributed by atoms with van der Waals surface area (Å²) in [6.45, 7) is 1.62. The Morgan fingerprint density at radius 3 is 2.63 bits per heavy atom. The molecule has 0 saturated heterocycles. The third kappa shape index (κ3) is 2.79. The Balaban J connectivity index is 2.37. The van der Waals surface area contributed by atoms with Gasteiger partial charge in [-0.3, -0.25) is 0 Å². The second-order valence-corrected chi connectivity index (χ2v) is 5.86. The number of anilines is 1. The molecule has 0 aromatic carbocycles. The summed E-state index contributed by atoms with van der Waals surface area (Å²) in [7, 11) is -4.03. The summed E-state index contributed by atoms with van der Waals surface area (Å²) in [4.78, 5) is 10.3. The van der Waals surface area contributed by atoms with E-state index in [1.807, 2.05) is 0 Å². The monoisotopic (exact) mass is 350 g/mol. The van der Waals surface area contributed by atoms with Crippen LogP contribution in [0.25, 0.3) is 0 Å². The number of rotatable bonds is 4. The van der Waals surface area contributed by atoms with Gasteiger partial charge in [0.1, 0.15) is 4.90 Å². The second kappa shape index (κ2) is 4.70. The first-order valence-corrected chi connectivity index (χ1v) is 7.06. The topological polar surface area (TPSA) is 123 Å². The van der Waals surface area contributed by atoms with Crippen molar-refractivity contribution in [2.75, 3.05) is 4.72 Å². The molecule has 19 heavy (non-hydrogen) atoms. The molecule has 2 heterocycles. The fourth-order valence-electron chi connectivity index (χ4n) is 1.24. The molecule has 0 saturated carbocycles. The zero-order valence-electron chi connectivity index (χ0n) is 9.38. The van der Waals surface area contributed by atoms with E-state index in [4.69, 9.17) is 14.0 Å². The normalized spacial score (nSPS) is 11.5. The first-order valence-electron chi connectivity index (χ1n) is 4.78. The fraction of sp³-hybridized carbons (Fsp3) is 0.111. The van der Waals surface area contributed by atoms with Gasteiger partial charge in [0.05, 0.1) is 5.69 Å². The predicted octanol–water partition coefficient (Wildman–Crippen LogP) is 1.84. The van der Waals surface area contributed by atoms with Crippen molar-refractivity contribution in [3.63, 3.8) is 0 Å². The van der Waals surface area contributed by atoms with Crippen molar-refractivity contribution in [1.29, 1.82) is 0 Å². The summed E-state index contributed by atoms with van der Waals surface area (Å²) in [5, 5.41) is 12.2. The Labute approximate surface area is 115 Å². The molecule has 2 aromatic heterocycles. The molecular formula is C9H7BrN2O6S. The maximum absolute atomic E-state index is 12.0. The van der Waals surface area contributed by atoms with E-state index in [1.54, 1.807) is 6.92 Å². The average Bonchev–Trinajstić information content (AvgIpc) is 2.85. The molecule has 0 aliphatic rings. The molecule has 0 bridgehead atoms. The van der Waals surface area contributed by atoms with Crippen LogP contribution in [0.4, 0.5) is 5.88 Å². The molecule has 102 valence electrons. The van der Waals surface area contributed by atoms with Crippen molar-refractivity contribution >= 4 is 37.8 Å². The average molecular weight is 351 g/mol. The number of hydrogen-bond acceptors (Lipinski definition) is 6. The molecule has 0 unspecified atom stereocenters. The maximum Gasteiger partial charge on any atom is 0.371 e. The van der Waals surface area contributed by atoms with Gasteiger partial charge < -0.3 is 14.0 Å². The fourth-order valence-corrected chi connectivity index (χ4v) is 3.15. The van der Waals surface area contributed by atoms with Crippen LogP contribution >= 0.6 is 15.9 Å². The summed E-state index contributed by atoms with van der Waals surface area (Å²) < 4.78 is 35.3. The van der Waals surface area contributed by atoms with Crippen molar-refractivity contribution in [2.45, 2.75) is 11.8 Å². The van der Waals surface area contributed by atoms with E-state index in [1.165, 1.54) is 6.07 Å². The molecule has 0 aliphatic carbocycles. The third-order valence-electron chi connectivity index (χ3n) is 2.02. The van der Waals surface area contributed by atoms with E-state index in [2.05, 4.69) is 25.8 Å². The van der Waals surface area contributed by atoms with Gasteiger partial charge in [-0.05, 0) is 22.9 Å². The van der Waals surface area contributed by atoms with Crippen LogP contribution in [0.5, 0.6) is 0 Å². The van der Waals surface area contributed by atoms with E-state index in [0.29, 0.717) is 5.69 Å². The van der Waals surface area contributed by atoms with Crippen molar-refractivity contribution in [3.05, 3.63) is 28.3 Å². The summed E-state index contributed by atoms with van der Waals surface area (Å²) >= 11 is 2.84. The number of sulfonamides is 1. The van der Waals surface area contributed by atoms with Crippen LogP contribution in [-0.4, -0.2) is 24.7 Å². The summed E-state index contributed by atoms with van der Waals surface area (Å²) in [5.74, 6) is -1.96. The summed E-state index contributed by atoms with van der Waals surface area (Å²) in [6, 6.07) is 2.27. The van der Waals surface area contributed by atoms with Crippen molar-refractivity contribution in [2.24, 2.45) is 0 Å². The van der Waals surface area contributed by atoms with E-state index >= 15 is 0 Å². The molecule has 0 atom stereocenters. The van der Waals surface area contributed by atoms with Gasteiger partial charge in [-0.2, -0.15) is 0 Å². The molecule has 2 rings (SSSR count). The highest BCUT2D eigenvalue weighted by molar-refractivity contribution is 9.10. The minimum atomic E-state index is -4.03. The first kappa shape index (κ1) is 13.6. The van der Waals surface area contributed by atoms with Gasteiger partial charge in [0.25, 0.3) is 10.0 Å². The van der Waals surface area contributed by atoms with Crippen LogP contribution in [0.1, 0.15) is 16.2 Å². The highest BCUT2D eigenvalue weighted by atomic mass is 79.9. The molecule has 2 N–H and O–H groups in total. The molecule has 0 spiro atoms. The standard InChI is InChI=1S/C9H7BrN2O6S/c1-4-2-7(18-11-4)12-19(15,16)6-3-5(9(13)14)17-8(6)10/h2-3,12H,1H3,(H,13,14). The summed E-state index contributed by atoms with van der Waals surface area (Å²) in [5.41, 5.74) is 0.496. The van der Waals surface area contributed by atoms with Crippen LogP contribution in [0.15, 0.2) is 30.6 Å². The summed E-state index contributed by atoms with van der Waals surface area (Å²) in [6.07, 6.45) is 0. The number of hydrogen-bond donors (Lipinski definition) is 2. The quantitative estimate of drug-likeness (QED) is 0.861. The van der Waals surface area contributed by atoms with Gasteiger partial charge in [0.15, 0.2) is 4.67 Å². The SMILES string of the molecule is Cc1cc(NS(=O)(=O)c2cc(C(=O)O)oc2Br)on1. The number of furan rings is 1. The number of aryl methyl sites for hydroxylation is 1. The molecule has 0 amide bonds. The number of carboxylic acid groups (broad SMARTS) is 1. The van der Waals surface area contributed by atoms with Gasteiger partial charge in [-0.25, -0.2) is 17.9 Å². The number of aromatic carboxylic acids is 1. The van der Waals surface area contributed by atoms with E-state index in [0.717, 1.165) is 6.07 Å². The predicted molar refractivity (Wildman–Crippen MR) is 65.4 cm³/mol. The van der Waals surface area contributed by atoms with Gasteiger partial charge >= 0.3 is 5.97 Å². The number of nitrogens with zero attached hydrogens (tertiary/aromatic N) is 1. The van der Waals surface area contributed by atoms with Crippen LogP contribution in [0.3, 0.4) is 0 Å². The lowest BCUT2D eigenvalue weighted by Gasteiger charge is -2.01. The number of aromatic nitrogens is 1. The van der Waals surface area contributed by atoms with Crippen LogP contribution in [0, 0.1) is 6.92 Å².